The minimum Gasteiger partial charge on any atom is -0.456 e. The molecule has 10 aromatic rings. The van der Waals surface area contributed by atoms with Crippen molar-refractivity contribution >= 4 is 55.3 Å². The summed E-state index contributed by atoms with van der Waals surface area (Å²) in [5.41, 5.74) is 13.4. The molecule has 0 saturated carbocycles. The number of amidine groups is 1. The maximum Gasteiger partial charge on any atom is 0.289 e. The lowest BCUT2D eigenvalue weighted by molar-refractivity contribution is -0.531. The molecule has 254 valence electrons. The summed E-state index contributed by atoms with van der Waals surface area (Å²) < 4.78 is 11.3. The largest absolute Gasteiger partial charge is 0.456 e. The van der Waals surface area contributed by atoms with E-state index in [-0.39, 0.29) is 6.17 Å². The molecule has 4 heteroatoms. The average Bonchev–Trinajstić information content (AvgIpc) is 3.78. The average molecular weight is 693 g/mol. The molecule has 1 atom stereocenters. The van der Waals surface area contributed by atoms with Crippen LogP contribution >= 0.6 is 0 Å². The van der Waals surface area contributed by atoms with Gasteiger partial charge in [0.2, 0.25) is 0 Å². The van der Waals surface area contributed by atoms with Gasteiger partial charge < -0.3 is 8.98 Å². The van der Waals surface area contributed by atoms with Gasteiger partial charge >= 0.3 is 0 Å². The molecule has 0 amide bonds. The zero-order chi connectivity index (χ0) is 35.6. The van der Waals surface area contributed by atoms with Crippen LogP contribution in [0.1, 0.15) is 17.3 Å². The Morgan fingerprint density at radius 3 is 1.83 bits per heavy atom. The summed E-state index contributed by atoms with van der Waals surface area (Å²) in [6.45, 7) is 0. The Balaban J connectivity index is 1.18. The smallest absolute Gasteiger partial charge is 0.289 e. The van der Waals surface area contributed by atoms with Crippen LogP contribution in [0.3, 0.4) is 0 Å². The molecule has 0 saturated heterocycles. The van der Waals surface area contributed by atoms with Gasteiger partial charge in [-0.05, 0) is 76.9 Å². The number of rotatable bonds is 6. The normalized spacial score (nSPS) is 14.2. The Morgan fingerprint density at radius 2 is 1.07 bits per heavy atom. The molecule has 8 aromatic carbocycles. The summed E-state index contributed by atoms with van der Waals surface area (Å²) in [7, 11) is 0. The monoisotopic (exact) mass is 692 g/mol. The molecular formula is C50H34N3O+. The molecule has 1 N–H and O–H groups in total. The van der Waals surface area contributed by atoms with E-state index in [9.17, 15) is 0 Å². The van der Waals surface area contributed by atoms with Gasteiger partial charge in [0.1, 0.15) is 16.9 Å². The van der Waals surface area contributed by atoms with E-state index in [0.29, 0.717) is 0 Å². The van der Waals surface area contributed by atoms with Gasteiger partial charge in [0, 0.05) is 27.4 Å². The predicted molar refractivity (Wildman–Crippen MR) is 222 cm³/mol. The summed E-state index contributed by atoms with van der Waals surface area (Å²) in [6.07, 6.45) is -0.0160. The molecule has 11 rings (SSSR count). The number of furan rings is 1. The Labute approximate surface area is 312 Å². The number of nitrogens with one attached hydrogen (secondary N) is 1. The first-order valence-corrected chi connectivity index (χ1v) is 18.5. The summed E-state index contributed by atoms with van der Waals surface area (Å²) in [5.74, 6) is 1.06. The minimum atomic E-state index is -0.0160. The SMILES string of the molecule is c1ccc(-c2ccc([N+]3=C(c4cc(-c5ccccc5)cc(-n5c6ccccc6c6ccc7oc8ccccc8c7c65)c4)NC3c3ccccc3)cc2)cc1. The molecule has 2 aromatic heterocycles. The fourth-order valence-electron chi connectivity index (χ4n) is 8.35. The van der Waals surface area contributed by atoms with Crippen molar-refractivity contribution in [3.63, 3.8) is 0 Å². The van der Waals surface area contributed by atoms with Crippen LogP contribution < -0.4 is 5.32 Å². The summed E-state index contributed by atoms with van der Waals surface area (Å²) in [4.78, 5) is 0. The van der Waals surface area contributed by atoms with Crippen LogP contribution in [0.25, 0.3) is 71.7 Å². The highest BCUT2D eigenvalue weighted by Gasteiger charge is 2.41. The van der Waals surface area contributed by atoms with Crippen LogP contribution in [-0.4, -0.2) is 15.0 Å². The first-order valence-electron chi connectivity index (χ1n) is 18.5. The third kappa shape index (κ3) is 4.81. The predicted octanol–water partition coefficient (Wildman–Crippen LogP) is 12.4. The zero-order valence-electron chi connectivity index (χ0n) is 29.4. The van der Waals surface area contributed by atoms with Gasteiger partial charge in [-0.3, -0.25) is 0 Å². The molecule has 0 fully saturated rings. The molecule has 0 bridgehead atoms. The van der Waals surface area contributed by atoms with E-state index in [1.807, 2.05) is 6.07 Å². The van der Waals surface area contributed by atoms with Crippen molar-refractivity contribution in [3.05, 3.63) is 205 Å². The van der Waals surface area contributed by atoms with E-state index in [1.165, 1.54) is 33.0 Å². The van der Waals surface area contributed by atoms with Gasteiger partial charge in [0.15, 0.2) is 0 Å². The topological polar surface area (TPSA) is 33.1 Å². The number of hydrogen-bond acceptors (Lipinski definition) is 2. The van der Waals surface area contributed by atoms with Crippen molar-refractivity contribution in [1.29, 1.82) is 0 Å². The van der Waals surface area contributed by atoms with Crippen LogP contribution in [0.4, 0.5) is 5.69 Å². The molecule has 3 heterocycles. The molecule has 54 heavy (non-hydrogen) atoms. The van der Waals surface area contributed by atoms with Gasteiger partial charge in [0.25, 0.3) is 12.0 Å². The second-order valence-electron chi connectivity index (χ2n) is 14.0. The Kier molecular flexibility index (Phi) is 6.89. The van der Waals surface area contributed by atoms with Crippen molar-refractivity contribution in [2.24, 2.45) is 0 Å². The maximum atomic E-state index is 6.45. The van der Waals surface area contributed by atoms with E-state index < -0.39 is 0 Å². The maximum absolute atomic E-state index is 6.45. The summed E-state index contributed by atoms with van der Waals surface area (Å²) >= 11 is 0. The van der Waals surface area contributed by atoms with Crippen LogP contribution in [0.15, 0.2) is 199 Å². The number of nitrogens with zero attached hydrogens (tertiary/aromatic N) is 2. The molecule has 0 radical (unpaired) electrons. The molecule has 0 spiro atoms. The first-order chi connectivity index (χ1) is 26.8. The van der Waals surface area contributed by atoms with E-state index >= 15 is 0 Å². The van der Waals surface area contributed by atoms with E-state index in [1.54, 1.807) is 0 Å². The molecule has 1 aliphatic rings. The zero-order valence-corrected chi connectivity index (χ0v) is 29.4. The number of hydrogen-bond donors (Lipinski definition) is 1. The Bertz CT molecular complexity index is 3050. The summed E-state index contributed by atoms with van der Waals surface area (Å²) in [5, 5.41) is 8.56. The fourth-order valence-corrected chi connectivity index (χ4v) is 8.35. The van der Waals surface area contributed by atoms with E-state index in [0.717, 1.165) is 61.3 Å². The van der Waals surface area contributed by atoms with E-state index in [4.69, 9.17) is 4.42 Å². The summed E-state index contributed by atoms with van der Waals surface area (Å²) in [6, 6.07) is 69.4. The van der Waals surface area contributed by atoms with Crippen molar-refractivity contribution < 1.29 is 8.99 Å². The number of fused-ring (bicyclic) bond motifs is 7. The number of benzene rings is 8. The Hall–Kier alpha value is -7.17. The number of aromatic nitrogens is 1. The lowest BCUT2D eigenvalue weighted by Gasteiger charge is -2.30. The fraction of sp³-hybridized carbons (Fsp3) is 0.0200. The first kappa shape index (κ1) is 30.5. The minimum absolute atomic E-state index is 0.0160. The number of para-hydroxylation sites is 2. The van der Waals surface area contributed by atoms with Crippen LogP contribution in [0.5, 0.6) is 0 Å². The Morgan fingerprint density at radius 1 is 0.463 bits per heavy atom. The van der Waals surface area contributed by atoms with Crippen molar-refractivity contribution in [3.8, 4) is 27.9 Å². The molecule has 4 nitrogen and oxygen atoms in total. The quantitative estimate of drug-likeness (QED) is 0.176. The molecular weight excluding hydrogens is 659 g/mol. The van der Waals surface area contributed by atoms with E-state index in [2.05, 4.69) is 203 Å². The van der Waals surface area contributed by atoms with Crippen LogP contribution in [0, 0.1) is 0 Å². The standard InChI is InChI=1S/C50H33N3O/c1-4-14-33(15-5-1)35-24-26-39(27-25-35)53-49(36-18-8-3-9-19-36)51-50(53)38-30-37(34-16-6-2-7-17-34)31-40(32-38)52-44-22-12-10-20-41(44)42-28-29-46-47(48(42)52)43-21-11-13-23-45(43)54-46/h1-32,49H/p+1. The van der Waals surface area contributed by atoms with Gasteiger partial charge in [0.05, 0.1) is 22.0 Å². The van der Waals surface area contributed by atoms with Gasteiger partial charge in [-0.15, -0.1) is 0 Å². The van der Waals surface area contributed by atoms with Crippen molar-refractivity contribution in [2.45, 2.75) is 6.17 Å². The molecule has 1 aliphatic heterocycles. The molecule has 0 aliphatic carbocycles. The van der Waals surface area contributed by atoms with Crippen LogP contribution in [-0.2, 0) is 0 Å². The highest BCUT2D eigenvalue weighted by atomic mass is 16.3. The molecule has 1 unspecified atom stereocenters. The van der Waals surface area contributed by atoms with Crippen molar-refractivity contribution in [2.75, 3.05) is 0 Å². The lowest BCUT2D eigenvalue weighted by Crippen LogP contribution is -2.51. The third-order valence-electron chi connectivity index (χ3n) is 10.9. The van der Waals surface area contributed by atoms with Gasteiger partial charge in [-0.25, -0.2) is 5.32 Å². The third-order valence-corrected chi connectivity index (χ3v) is 10.9. The highest BCUT2D eigenvalue weighted by Crippen LogP contribution is 2.42. The second-order valence-corrected chi connectivity index (χ2v) is 14.0. The second kappa shape index (κ2) is 12.2. The van der Waals surface area contributed by atoms with Crippen molar-refractivity contribution in [1.82, 2.24) is 9.88 Å². The van der Waals surface area contributed by atoms with Crippen LogP contribution in [0.2, 0.25) is 0 Å². The van der Waals surface area contributed by atoms with Gasteiger partial charge in [-0.2, -0.15) is 4.58 Å². The highest BCUT2D eigenvalue weighted by molar-refractivity contribution is 6.24. The lowest BCUT2D eigenvalue weighted by atomic mass is 9.98. The van der Waals surface area contributed by atoms with Gasteiger partial charge in [-0.1, -0.05) is 140 Å².